The first-order valence-electron chi connectivity index (χ1n) is 8.79. The van der Waals surface area contributed by atoms with Crippen LogP contribution in [-0.2, 0) is 17.6 Å². The Balaban J connectivity index is 1.48. The van der Waals surface area contributed by atoms with Crippen molar-refractivity contribution in [1.29, 1.82) is 0 Å². The number of aromatic amines is 1. The van der Waals surface area contributed by atoms with Crippen molar-refractivity contribution in [3.63, 3.8) is 0 Å². The number of amides is 2. The van der Waals surface area contributed by atoms with Gasteiger partial charge in [-0.05, 0) is 25.0 Å². The first kappa shape index (κ1) is 16.5. The highest BCUT2D eigenvalue weighted by atomic mass is 16.2. The van der Waals surface area contributed by atoms with Crippen molar-refractivity contribution >= 4 is 11.8 Å². The lowest BCUT2D eigenvalue weighted by atomic mass is 10.0. The molecule has 1 atom stereocenters. The number of benzene rings is 1. The first-order valence-corrected chi connectivity index (χ1v) is 8.79. The van der Waals surface area contributed by atoms with Crippen LogP contribution >= 0.6 is 0 Å². The van der Waals surface area contributed by atoms with Crippen LogP contribution in [0.25, 0.3) is 0 Å². The number of aryl methyl sites for hydroxylation is 1. The van der Waals surface area contributed by atoms with Gasteiger partial charge in [0, 0.05) is 30.6 Å². The third-order valence-corrected chi connectivity index (χ3v) is 5.09. The van der Waals surface area contributed by atoms with E-state index in [1.807, 2.05) is 18.2 Å². The molecule has 1 aromatic heterocycles. The highest BCUT2D eigenvalue weighted by Crippen LogP contribution is 2.28. The summed E-state index contributed by atoms with van der Waals surface area (Å²) in [5, 5.41) is 2.88. The second-order valence-corrected chi connectivity index (χ2v) is 6.77. The number of fused-ring (bicyclic) bond motifs is 2. The van der Waals surface area contributed by atoms with Crippen molar-refractivity contribution in [2.75, 3.05) is 13.1 Å². The maximum absolute atomic E-state index is 12.8. The summed E-state index contributed by atoms with van der Waals surface area (Å²) in [5.41, 5.74) is 2.85. The smallest absolute Gasteiger partial charge is 0.254 e. The number of carbonyl (C=O) groups is 2. The molecule has 7 heteroatoms. The van der Waals surface area contributed by atoms with Gasteiger partial charge in [0.05, 0.1) is 18.2 Å². The van der Waals surface area contributed by atoms with Crippen molar-refractivity contribution in [1.82, 2.24) is 20.2 Å². The Morgan fingerprint density at radius 2 is 2.00 bits per heavy atom. The molecule has 0 fully saturated rings. The normalized spacial score (nSPS) is 18.7. The summed E-state index contributed by atoms with van der Waals surface area (Å²) in [7, 11) is 0. The molecule has 2 aliphatic rings. The summed E-state index contributed by atoms with van der Waals surface area (Å²) in [6.07, 6.45) is 1.29. The van der Waals surface area contributed by atoms with Gasteiger partial charge in [-0.2, -0.15) is 0 Å². The standard InChI is InChI=1S/C19H20N4O3/c1-11-20-15-7-9-23(8-6-14(15)19(26)21-11)17(24)10-16-12-4-2-3-5-13(12)18(25)22-16/h2-5,16H,6-10H2,1H3,(H,22,25)(H,20,21,26)/t16-/m1/s1. The fourth-order valence-electron chi connectivity index (χ4n) is 3.77. The topological polar surface area (TPSA) is 95.2 Å². The number of nitrogens with one attached hydrogen (secondary N) is 2. The highest BCUT2D eigenvalue weighted by Gasteiger charge is 2.31. The minimum Gasteiger partial charge on any atom is -0.345 e. The van der Waals surface area contributed by atoms with Crippen molar-refractivity contribution in [3.8, 4) is 0 Å². The average molecular weight is 352 g/mol. The molecule has 2 amide bonds. The van der Waals surface area contributed by atoms with E-state index >= 15 is 0 Å². The SMILES string of the molecule is Cc1nc2c(c(=O)[nH]1)CCN(C(=O)C[C@H]1NC(=O)c3ccccc31)CC2. The third kappa shape index (κ3) is 2.89. The number of rotatable bonds is 2. The molecule has 0 aliphatic carbocycles. The van der Waals surface area contributed by atoms with Gasteiger partial charge in [0.1, 0.15) is 5.82 Å². The molecule has 4 rings (SSSR count). The zero-order valence-electron chi connectivity index (χ0n) is 14.5. The van der Waals surface area contributed by atoms with Crippen LogP contribution in [0.5, 0.6) is 0 Å². The molecule has 3 heterocycles. The lowest BCUT2D eigenvalue weighted by Crippen LogP contribution is -2.35. The number of hydrogen-bond acceptors (Lipinski definition) is 4. The van der Waals surface area contributed by atoms with Crippen LogP contribution in [0.2, 0.25) is 0 Å². The van der Waals surface area contributed by atoms with Gasteiger partial charge in [-0.1, -0.05) is 18.2 Å². The van der Waals surface area contributed by atoms with Gasteiger partial charge >= 0.3 is 0 Å². The molecule has 7 nitrogen and oxygen atoms in total. The summed E-state index contributed by atoms with van der Waals surface area (Å²) >= 11 is 0. The van der Waals surface area contributed by atoms with E-state index in [9.17, 15) is 14.4 Å². The molecule has 2 aromatic rings. The highest BCUT2D eigenvalue weighted by molar-refractivity contribution is 5.99. The third-order valence-electron chi connectivity index (χ3n) is 5.09. The fraction of sp³-hybridized carbons (Fsp3) is 0.368. The quantitative estimate of drug-likeness (QED) is 0.839. The van der Waals surface area contributed by atoms with Crippen LogP contribution in [0, 0.1) is 6.92 Å². The van der Waals surface area contributed by atoms with Gasteiger partial charge in [0.2, 0.25) is 5.91 Å². The van der Waals surface area contributed by atoms with Crippen LogP contribution in [-0.4, -0.2) is 39.8 Å². The summed E-state index contributed by atoms with van der Waals surface area (Å²) in [6, 6.07) is 7.06. The zero-order chi connectivity index (χ0) is 18.3. The van der Waals surface area contributed by atoms with E-state index in [0.717, 1.165) is 11.3 Å². The summed E-state index contributed by atoms with van der Waals surface area (Å²) in [4.78, 5) is 45.9. The molecule has 2 N–H and O–H groups in total. The van der Waals surface area contributed by atoms with Gasteiger partial charge < -0.3 is 15.2 Å². The van der Waals surface area contributed by atoms with Crippen LogP contribution in [0.4, 0.5) is 0 Å². The molecule has 0 spiro atoms. The van der Waals surface area contributed by atoms with Crippen molar-refractivity contribution in [3.05, 3.63) is 62.8 Å². The number of hydrogen-bond donors (Lipinski definition) is 2. The van der Waals surface area contributed by atoms with E-state index < -0.39 is 0 Å². The molecule has 0 saturated heterocycles. The fourth-order valence-corrected chi connectivity index (χ4v) is 3.77. The van der Waals surface area contributed by atoms with Crippen molar-refractivity contribution in [2.24, 2.45) is 0 Å². The maximum atomic E-state index is 12.8. The van der Waals surface area contributed by atoms with E-state index in [4.69, 9.17) is 0 Å². The van der Waals surface area contributed by atoms with E-state index in [1.54, 1.807) is 17.9 Å². The molecular formula is C19H20N4O3. The Labute approximate surface area is 150 Å². The second-order valence-electron chi connectivity index (χ2n) is 6.77. The van der Waals surface area contributed by atoms with Crippen LogP contribution in [0.3, 0.4) is 0 Å². The van der Waals surface area contributed by atoms with Gasteiger partial charge in [-0.25, -0.2) is 4.98 Å². The summed E-state index contributed by atoms with van der Waals surface area (Å²) in [5.74, 6) is 0.444. The van der Waals surface area contributed by atoms with Gasteiger partial charge in [0.15, 0.2) is 0 Å². The van der Waals surface area contributed by atoms with Crippen molar-refractivity contribution in [2.45, 2.75) is 32.2 Å². The van der Waals surface area contributed by atoms with Crippen LogP contribution in [0.15, 0.2) is 29.1 Å². The predicted molar refractivity (Wildman–Crippen MR) is 94.8 cm³/mol. The Morgan fingerprint density at radius 3 is 2.85 bits per heavy atom. The molecule has 0 radical (unpaired) electrons. The minimum absolute atomic E-state index is 0.0204. The minimum atomic E-state index is -0.291. The monoisotopic (exact) mass is 352 g/mol. The lowest BCUT2D eigenvalue weighted by molar-refractivity contribution is -0.131. The van der Waals surface area contributed by atoms with Crippen molar-refractivity contribution < 1.29 is 9.59 Å². The molecule has 0 saturated carbocycles. The Hall–Kier alpha value is -2.96. The maximum Gasteiger partial charge on any atom is 0.254 e. The molecule has 2 aliphatic heterocycles. The molecule has 134 valence electrons. The summed E-state index contributed by atoms with van der Waals surface area (Å²) < 4.78 is 0. The average Bonchev–Trinajstić information content (AvgIpc) is 2.79. The predicted octanol–water partition coefficient (Wildman–Crippen LogP) is 0.880. The first-order chi connectivity index (χ1) is 12.5. The Morgan fingerprint density at radius 1 is 1.23 bits per heavy atom. The van der Waals surface area contributed by atoms with E-state index in [1.165, 1.54) is 0 Å². The van der Waals surface area contributed by atoms with E-state index in [0.29, 0.717) is 42.9 Å². The van der Waals surface area contributed by atoms with Crippen LogP contribution in [0.1, 0.15) is 45.5 Å². The van der Waals surface area contributed by atoms with Gasteiger partial charge in [-0.3, -0.25) is 14.4 Å². The molecule has 0 bridgehead atoms. The zero-order valence-corrected chi connectivity index (χ0v) is 14.5. The molecule has 26 heavy (non-hydrogen) atoms. The second kappa shape index (κ2) is 6.40. The van der Waals surface area contributed by atoms with Gasteiger partial charge in [-0.15, -0.1) is 0 Å². The number of aromatic nitrogens is 2. The Bertz CT molecular complexity index is 950. The van der Waals surface area contributed by atoms with E-state index in [2.05, 4.69) is 15.3 Å². The molecular weight excluding hydrogens is 332 g/mol. The number of H-pyrrole nitrogens is 1. The summed E-state index contributed by atoms with van der Waals surface area (Å²) in [6.45, 7) is 2.78. The molecule has 0 unspecified atom stereocenters. The Kier molecular flexibility index (Phi) is 4.06. The van der Waals surface area contributed by atoms with Crippen LogP contribution < -0.4 is 10.9 Å². The van der Waals surface area contributed by atoms with E-state index in [-0.39, 0.29) is 29.8 Å². The lowest BCUT2D eigenvalue weighted by Gasteiger charge is -2.22. The largest absolute Gasteiger partial charge is 0.345 e. The molecule has 1 aromatic carbocycles. The van der Waals surface area contributed by atoms with Gasteiger partial charge in [0.25, 0.3) is 11.5 Å². The number of nitrogens with zero attached hydrogens (tertiary/aromatic N) is 2. The number of carbonyl (C=O) groups excluding carboxylic acids is 2.